The van der Waals surface area contributed by atoms with Crippen LogP contribution in [0.3, 0.4) is 0 Å². The number of ether oxygens (including phenoxy) is 1. The molecule has 1 aromatic heterocycles. The molecular weight excluding hydrogens is 408 g/mol. The number of hydrogen-bond donors (Lipinski definition) is 0. The topological polar surface area (TPSA) is 63.0 Å². The van der Waals surface area contributed by atoms with Crippen molar-refractivity contribution in [1.29, 1.82) is 5.26 Å². The average Bonchev–Trinajstić information content (AvgIpc) is 2.85. The number of hydrogen-bond acceptors (Lipinski definition) is 4. The van der Waals surface area contributed by atoms with E-state index in [0.29, 0.717) is 5.56 Å². The zero-order chi connectivity index (χ0) is 23.8. The van der Waals surface area contributed by atoms with E-state index in [0.717, 1.165) is 57.1 Å². The molecule has 0 N–H and O–H groups in total. The van der Waals surface area contributed by atoms with E-state index >= 15 is 0 Å². The van der Waals surface area contributed by atoms with E-state index in [9.17, 15) is 10.1 Å². The van der Waals surface area contributed by atoms with Gasteiger partial charge in [0.1, 0.15) is 6.10 Å². The predicted molar refractivity (Wildman–Crippen MR) is 135 cm³/mol. The van der Waals surface area contributed by atoms with Gasteiger partial charge >= 0.3 is 5.97 Å². The van der Waals surface area contributed by atoms with Crippen molar-refractivity contribution >= 4 is 5.97 Å². The summed E-state index contributed by atoms with van der Waals surface area (Å²) in [7, 11) is 0. The summed E-state index contributed by atoms with van der Waals surface area (Å²) < 4.78 is 5.77. The van der Waals surface area contributed by atoms with E-state index in [4.69, 9.17) is 4.74 Å². The second-order valence-electron chi connectivity index (χ2n) is 10.1. The molecule has 0 saturated heterocycles. The van der Waals surface area contributed by atoms with Crippen LogP contribution in [0.15, 0.2) is 18.3 Å². The first kappa shape index (κ1) is 27.4. The van der Waals surface area contributed by atoms with Crippen molar-refractivity contribution in [2.24, 2.45) is 5.41 Å². The fourth-order valence-corrected chi connectivity index (χ4v) is 4.92. The summed E-state index contributed by atoms with van der Waals surface area (Å²) in [5.41, 5.74) is 1.37. The summed E-state index contributed by atoms with van der Waals surface area (Å²) in [4.78, 5) is 17.1. The van der Waals surface area contributed by atoms with E-state index in [1.54, 1.807) is 6.20 Å². The van der Waals surface area contributed by atoms with Gasteiger partial charge in [-0.3, -0.25) is 4.98 Å². The number of pyridine rings is 1. The zero-order valence-electron chi connectivity index (χ0n) is 21.2. The Labute approximate surface area is 202 Å². The number of carbonyl (C=O) groups is 1. The number of rotatable bonds is 16. The standard InChI is InChI=1S/C29H46N2O2/c1-3-5-7-9-10-11-13-15-26-17-16-25(23-31-26)28(32)33-27-18-21-29(24-30,22-19-27)20-14-12-8-6-4-2/h16-17,23,27H,3-15,18-22H2,1-2H3. The molecule has 1 fully saturated rings. The molecule has 0 radical (unpaired) electrons. The third-order valence-corrected chi connectivity index (χ3v) is 7.26. The molecule has 4 nitrogen and oxygen atoms in total. The van der Waals surface area contributed by atoms with Gasteiger partial charge in [-0.1, -0.05) is 84.5 Å². The molecule has 1 heterocycles. The summed E-state index contributed by atoms with van der Waals surface area (Å²) >= 11 is 0. The van der Waals surface area contributed by atoms with Crippen LogP contribution in [0.25, 0.3) is 0 Å². The number of nitrogens with zero attached hydrogens (tertiary/aromatic N) is 2. The second kappa shape index (κ2) is 15.9. The fourth-order valence-electron chi connectivity index (χ4n) is 4.92. The molecule has 184 valence electrons. The highest BCUT2D eigenvalue weighted by Crippen LogP contribution is 2.41. The quantitative estimate of drug-likeness (QED) is 0.186. The Morgan fingerprint density at radius 2 is 1.58 bits per heavy atom. The molecule has 1 saturated carbocycles. The van der Waals surface area contributed by atoms with Gasteiger partial charge in [-0.15, -0.1) is 0 Å². The number of esters is 1. The molecule has 1 aromatic rings. The van der Waals surface area contributed by atoms with Gasteiger partial charge in [0.2, 0.25) is 0 Å². The Balaban J connectivity index is 1.68. The molecule has 2 rings (SSSR count). The first-order chi connectivity index (χ1) is 16.1. The number of unbranched alkanes of at least 4 members (excludes halogenated alkanes) is 10. The predicted octanol–water partition coefficient (Wildman–Crippen LogP) is 8.34. The summed E-state index contributed by atoms with van der Waals surface area (Å²) in [6.45, 7) is 4.47. The van der Waals surface area contributed by atoms with Gasteiger partial charge in [0.05, 0.1) is 17.0 Å². The highest BCUT2D eigenvalue weighted by molar-refractivity contribution is 5.89. The minimum atomic E-state index is -0.279. The SMILES string of the molecule is CCCCCCCCCc1ccc(C(=O)OC2CCC(C#N)(CCCCCCC)CC2)cn1. The molecule has 0 aromatic carbocycles. The van der Waals surface area contributed by atoms with Crippen LogP contribution in [0.2, 0.25) is 0 Å². The van der Waals surface area contributed by atoms with Crippen molar-refractivity contribution < 1.29 is 9.53 Å². The Hall–Kier alpha value is -1.89. The number of carbonyl (C=O) groups excluding carboxylic acids is 1. The van der Waals surface area contributed by atoms with Gasteiger partial charge in [-0.05, 0) is 57.1 Å². The van der Waals surface area contributed by atoms with E-state index < -0.39 is 0 Å². The van der Waals surface area contributed by atoms with E-state index in [1.165, 1.54) is 64.2 Å². The lowest BCUT2D eigenvalue weighted by molar-refractivity contribution is 0.0104. The molecule has 0 amide bonds. The summed E-state index contributed by atoms with van der Waals surface area (Å²) in [6.07, 6.45) is 22.0. The number of nitriles is 1. The van der Waals surface area contributed by atoms with Gasteiger partial charge in [0.15, 0.2) is 0 Å². The molecule has 33 heavy (non-hydrogen) atoms. The highest BCUT2D eigenvalue weighted by Gasteiger charge is 2.36. The van der Waals surface area contributed by atoms with Crippen molar-refractivity contribution in [1.82, 2.24) is 4.98 Å². The molecule has 1 aliphatic carbocycles. The van der Waals surface area contributed by atoms with Gasteiger partial charge in [0, 0.05) is 11.9 Å². The van der Waals surface area contributed by atoms with Gasteiger partial charge in [-0.2, -0.15) is 5.26 Å². The average molecular weight is 455 g/mol. The van der Waals surface area contributed by atoms with Crippen LogP contribution in [0, 0.1) is 16.7 Å². The summed E-state index contributed by atoms with van der Waals surface area (Å²) in [5, 5.41) is 9.78. The van der Waals surface area contributed by atoms with Crippen molar-refractivity contribution in [3.63, 3.8) is 0 Å². The van der Waals surface area contributed by atoms with Crippen LogP contribution in [0.5, 0.6) is 0 Å². The van der Waals surface area contributed by atoms with E-state index in [2.05, 4.69) is 24.9 Å². The lowest BCUT2D eigenvalue weighted by Gasteiger charge is -2.34. The molecular formula is C29H46N2O2. The Morgan fingerprint density at radius 1 is 0.970 bits per heavy atom. The summed E-state index contributed by atoms with van der Waals surface area (Å²) in [6, 6.07) is 6.42. The van der Waals surface area contributed by atoms with E-state index in [-0.39, 0.29) is 17.5 Å². The number of aromatic nitrogens is 1. The first-order valence-electron chi connectivity index (χ1n) is 13.7. The monoisotopic (exact) mass is 454 g/mol. The Kier molecular flexibility index (Phi) is 13.1. The van der Waals surface area contributed by atoms with Crippen molar-refractivity contribution in [3.05, 3.63) is 29.6 Å². The van der Waals surface area contributed by atoms with Gasteiger partial charge in [0.25, 0.3) is 0 Å². The smallest absolute Gasteiger partial charge is 0.339 e. The van der Waals surface area contributed by atoms with Crippen LogP contribution < -0.4 is 0 Å². The van der Waals surface area contributed by atoms with E-state index in [1.807, 2.05) is 12.1 Å². The minimum absolute atomic E-state index is 0.0774. The first-order valence-corrected chi connectivity index (χ1v) is 13.7. The second-order valence-corrected chi connectivity index (χ2v) is 10.1. The maximum absolute atomic E-state index is 12.6. The largest absolute Gasteiger partial charge is 0.459 e. The highest BCUT2D eigenvalue weighted by atomic mass is 16.5. The van der Waals surface area contributed by atoms with Gasteiger partial charge in [-0.25, -0.2) is 4.79 Å². The molecule has 0 atom stereocenters. The number of aryl methyl sites for hydroxylation is 1. The third kappa shape index (κ3) is 10.3. The lowest BCUT2D eigenvalue weighted by atomic mass is 9.71. The normalized spacial score (nSPS) is 20.3. The molecule has 0 aliphatic heterocycles. The van der Waals surface area contributed by atoms with Crippen LogP contribution in [-0.4, -0.2) is 17.1 Å². The third-order valence-electron chi connectivity index (χ3n) is 7.26. The van der Waals surface area contributed by atoms with Crippen LogP contribution in [-0.2, 0) is 11.2 Å². The van der Waals surface area contributed by atoms with Gasteiger partial charge < -0.3 is 4.74 Å². The van der Waals surface area contributed by atoms with Crippen molar-refractivity contribution in [2.45, 2.75) is 136 Å². The minimum Gasteiger partial charge on any atom is -0.459 e. The maximum atomic E-state index is 12.6. The molecule has 0 spiro atoms. The maximum Gasteiger partial charge on any atom is 0.339 e. The lowest BCUT2D eigenvalue weighted by Crippen LogP contribution is -2.31. The van der Waals surface area contributed by atoms with Crippen LogP contribution >= 0.6 is 0 Å². The molecule has 1 aliphatic rings. The van der Waals surface area contributed by atoms with Crippen molar-refractivity contribution in [3.8, 4) is 6.07 Å². The molecule has 4 heteroatoms. The fraction of sp³-hybridized carbons (Fsp3) is 0.759. The van der Waals surface area contributed by atoms with Crippen LogP contribution in [0.1, 0.15) is 139 Å². The van der Waals surface area contributed by atoms with Crippen LogP contribution in [0.4, 0.5) is 0 Å². The molecule has 0 bridgehead atoms. The Morgan fingerprint density at radius 3 is 2.15 bits per heavy atom. The van der Waals surface area contributed by atoms with Crippen molar-refractivity contribution in [2.75, 3.05) is 0 Å². The zero-order valence-corrected chi connectivity index (χ0v) is 21.2. The summed E-state index contributed by atoms with van der Waals surface area (Å²) in [5.74, 6) is -0.279. The Bertz CT molecular complexity index is 699. The molecule has 0 unspecified atom stereocenters.